The van der Waals surface area contributed by atoms with Crippen LogP contribution in [0.15, 0.2) is 0 Å². The van der Waals surface area contributed by atoms with Crippen molar-refractivity contribution < 1.29 is 0 Å². The van der Waals surface area contributed by atoms with Crippen LogP contribution >= 0.6 is 0 Å². The monoisotopic (exact) mass is 193 g/mol. The van der Waals surface area contributed by atoms with Crippen molar-refractivity contribution in [1.29, 1.82) is 0 Å². The molecule has 0 aromatic rings. The van der Waals surface area contributed by atoms with Gasteiger partial charge in [-0.25, -0.2) is 0 Å². The van der Waals surface area contributed by atoms with E-state index >= 15 is 0 Å². The first-order valence-electron chi connectivity index (χ1n) is 6.67. The fraction of sp³-hybridized carbons (Fsp3) is 1.00. The third kappa shape index (κ3) is 1.84. The Bertz CT molecular complexity index is 195. The number of nitrogens with one attached hydrogen (secondary N) is 1. The molecule has 0 aromatic heterocycles. The van der Waals surface area contributed by atoms with Gasteiger partial charge in [0, 0.05) is 11.6 Å². The summed E-state index contributed by atoms with van der Waals surface area (Å²) in [6, 6.07) is 0.876. The average Bonchev–Trinajstić information content (AvgIpc) is 3.05. The second-order valence-corrected chi connectivity index (χ2v) is 5.76. The first kappa shape index (κ1) is 9.21. The van der Waals surface area contributed by atoms with Gasteiger partial charge in [-0.05, 0) is 44.4 Å². The third-order valence-electron chi connectivity index (χ3n) is 4.49. The molecule has 3 fully saturated rings. The molecule has 3 saturated carbocycles. The van der Waals surface area contributed by atoms with E-state index in [4.69, 9.17) is 0 Å². The fourth-order valence-electron chi connectivity index (χ4n) is 3.27. The number of hydrogen-bond donors (Lipinski definition) is 1. The van der Waals surface area contributed by atoms with Crippen LogP contribution in [0.5, 0.6) is 0 Å². The molecule has 3 aliphatic carbocycles. The maximum Gasteiger partial charge on any atom is 0.0213 e. The highest BCUT2D eigenvalue weighted by Gasteiger charge is 2.54. The van der Waals surface area contributed by atoms with E-state index in [2.05, 4.69) is 5.32 Å². The second kappa shape index (κ2) is 3.52. The highest BCUT2D eigenvalue weighted by molar-refractivity contribution is 5.12. The molecule has 0 bridgehead atoms. The standard InChI is InChI=1S/C13H23N/c1-2-4-6-12(5-3-1)14-13(9-10-13)11-7-8-11/h11-12,14H,1-10H2. The lowest BCUT2D eigenvalue weighted by molar-refractivity contribution is 0.351. The smallest absolute Gasteiger partial charge is 0.0213 e. The Kier molecular flexibility index (Phi) is 2.31. The van der Waals surface area contributed by atoms with Crippen LogP contribution in [0.3, 0.4) is 0 Å². The average molecular weight is 193 g/mol. The summed E-state index contributed by atoms with van der Waals surface area (Å²) in [5, 5.41) is 4.01. The van der Waals surface area contributed by atoms with Gasteiger partial charge >= 0.3 is 0 Å². The molecular formula is C13H23N. The van der Waals surface area contributed by atoms with Crippen molar-refractivity contribution in [3.63, 3.8) is 0 Å². The van der Waals surface area contributed by atoms with E-state index in [1.807, 2.05) is 0 Å². The summed E-state index contributed by atoms with van der Waals surface area (Å²) >= 11 is 0. The van der Waals surface area contributed by atoms with Crippen LogP contribution in [0, 0.1) is 5.92 Å². The number of rotatable bonds is 3. The predicted molar refractivity (Wildman–Crippen MR) is 59.3 cm³/mol. The minimum absolute atomic E-state index is 0.662. The Hall–Kier alpha value is -0.0400. The summed E-state index contributed by atoms with van der Waals surface area (Å²) in [6.45, 7) is 0. The zero-order valence-electron chi connectivity index (χ0n) is 9.23. The van der Waals surface area contributed by atoms with E-state index < -0.39 is 0 Å². The summed E-state index contributed by atoms with van der Waals surface area (Å²) in [5.41, 5.74) is 0.662. The zero-order chi connectivity index (χ0) is 9.43. The SMILES string of the molecule is C1CCCC(NC2(C3CC3)CC2)CC1. The largest absolute Gasteiger partial charge is 0.308 e. The van der Waals surface area contributed by atoms with Crippen LogP contribution in [-0.2, 0) is 0 Å². The summed E-state index contributed by atoms with van der Waals surface area (Å²) in [5.74, 6) is 1.07. The van der Waals surface area contributed by atoms with Gasteiger partial charge in [0.25, 0.3) is 0 Å². The van der Waals surface area contributed by atoms with Crippen LogP contribution in [0.25, 0.3) is 0 Å². The van der Waals surface area contributed by atoms with Gasteiger partial charge in [0.2, 0.25) is 0 Å². The highest BCUT2D eigenvalue weighted by Crippen LogP contribution is 2.54. The lowest BCUT2D eigenvalue weighted by Crippen LogP contribution is -2.41. The van der Waals surface area contributed by atoms with Gasteiger partial charge in [-0.1, -0.05) is 25.7 Å². The van der Waals surface area contributed by atoms with Gasteiger partial charge in [0.1, 0.15) is 0 Å². The van der Waals surface area contributed by atoms with Crippen molar-refractivity contribution >= 4 is 0 Å². The molecule has 0 aliphatic heterocycles. The predicted octanol–water partition coefficient (Wildman–Crippen LogP) is 3.24. The molecule has 0 heterocycles. The Labute approximate surface area is 87.7 Å². The molecule has 0 radical (unpaired) electrons. The van der Waals surface area contributed by atoms with E-state index in [9.17, 15) is 0 Å². The van der Waals surface area contributed by atoms with Crippen LogP contribution in [0.2, 0.25) is 0 Å². The quantitative estimate of drug-likeness (QED) is 0.678. The van der Waals surface area contributed by atoms with E-state index in [0.717, 1.165) is 12.0 Å². The Morgan fingerprint density at radius 1 is 0.786 bits per heavy atom. The Balaban J connectivity index is 1.54. The first-order chi connectivity index (χ1) is 6.89. The molecule has 0 aromatic carbocycles. The van der Waals surface area contributed by atoms with E-state index in [-0.39, 0.29) is 0 Å². The van der Waals surface area contributed by atoms with Crippen molar-refractivity contribution in [2.24, 2.45) is 5.92 Å². The molecule has 80 valence electrons. The lowest BCUT2D eigenvalue weighted by Gasteiger charge is -2.24. The van der Waals surface area contributed by atoms with Crippen LogP contribution in [0.4, 0.5) is 0 Å². The Morgan fingerprint density at radius 2 is 1.43 bits per heavy atom. The van der Waals surface area contributed by atoms with Crippen LogP contribution in [0.1, 0.15) is 64.2 Å². The topological polar surface area (TPSA) is 12.0 Å². The summed E-state index contributed by atoms with van der Waals surface area (Å²) in [6.07, 6.45) is 14.8. The molecule has 1 nitrogen and oxygen atoms in total. The number of hydrogen-bond acceptors (Lipinski definition) is 1. The first-order valence-corrected chi connectivity index (χ1v) is 6.67. The molecular weight excluding hydrogens is 170 g/mol. The van der Waals surface area contributed by atoms with Gasteiger partial charge < -0.3 is 5.32 Å². The molecule has 0 amide bonds. The summed E-state index contributed by atoms with van der Waals surface area (Å²) in [7, 11) is 0. The molecule has 0 saturated heterocycles. The molecule has 3 rings (SSSR count). The maximum atomic E-state index is 4.01. The Morgan fingerprint density at radius 3 is 1.93 bits per heavy atom. The fourth-order valence-corrected chi connectivity index (χ4v) is 3.27. The van der Waals surface area contributed by atoms with Gasteiger partial charge in [-0.2, -0.15) is 0 Å². The van der Waals surface area contributed by atoms with Crippen molar-refractivity contribution in [2.75, 3.05) is 0 Å². The minimum Gasteiger partial charge on any atom is -0.308 e. The van der Waals surface area contributed by atoms with Crippen molar-refractivity contribution in [3.8, 4) is 0 Å². The van der Waals surface area contributed by atoms with Crippen LogP contribution in [-0.4, -0.2) is 11.6 Å². The van der Waals surface area contributed by atoms with E-state index in [1.54, 1.807) is 0 Å². The summed E-state index contributed by atoms with van der Waals surface area (Å²) < 4.78 is 0. The molecule has 3 aliphatic rings. The van der Waals surface area contributed by atoms with Gasteiger partial charge in [-0.3, -0.25) is 0 Å². The molecule has 1 heteroatoms. The van der Waals surface area contributed by atoms with Gasteiger partial charge in [0.05, 0.1) is 0 Å². The molecule has 14 heavy (non-hydrogen) atoms. The normalized spacial score (nSPS) is 32.6. The molecule has 1 N–H and O–H groups in total. The highest BCUT2D eigenvalue weighted by atomic mass is 15.1. The summed E-state index contributed by atoms with van der Waals surface area (Å²) in [4.78, 5) is 0. The van der Waals surface area contributed by atoms with Gasteiger partial charge in [0.15, 0.2) is 0 Å². The van der Waals surface area contributed by atoms with Crippen molar-refractivity contribution in [2.45, 2.75) is 75.8 Å². The van der Waals surface area contributed by atoms with Crippen molar-refractivity contribution in [1.82, 2.24) is 5.32 Å². The molecule has 0 spiro atoms. The maximum absolute atomic E-state index is 4.01. The van der Waals surface area contributed by atoms with Gasteiger partial charge in [-0.15, -0.1) is 0 Å². The third-order valence-corrected chi connectivity index (χ3v) is 4.49. The zero-order valence-corrected chi connectivity index (χ0v) is 9.23. The van der Waals surface area contributed by atoms with Crippen LogP contribution < -0.4 is 5.32 Å². The van der Waals surface area contributed by atoms with Crippen molar-refractivity contribution in [3.05, 3.63) is 0 Å². The lowest BCUT2D eigenvalue weighted by atomic mass is 10.0. The minimum atomic E-state index is 0.662. The molecule has 0 atom stereocenters. The second-order valence-electron chi connectivity index (χ2n) is 5.76. The van der Waals surface area contributed by atoms with E-state index in [1.165, 1.54) is 64.2 Å². The van der Waals surface area contributed by atoms with E-state index in [0.29, 0.717) is 5.54 Å². The molecule has 0 unspecified atom stereocenters.